The molecule has 3 aromatic rings. The third-order valence-electron chi connectivity index (χ3n) is 5.16. The van der Waals surface area contributed by atoms with Gasteiger partial charge in [-0.1, -0.05) is 29.8 Å². The van der Waals surface area contributed by atoms with Crippen molar-refractivity contribution in [2.75, 3.05) is 25.6 Å². The number of hydrogen-bond acceptors (Lipinski definition) is 5. The van der Waals surface area contributed by atoms with Crippen molar-refractivity contribution in [2.24, 2.45) is 0 Å². The molecule has 3 rings (SSSR count). The van der Waals surface area contributed by atoms with Crippen LogP contribution in [0.4, 0.5) is 5.69 Å². The lowest BCUT2D eigenvalue weighted by Crippen LogP contribution is -2.24. The van der Waals surface area contributed by atoms with Gasteiger partial charge in [0.05, 0.1) is 13.2 Å². The van der Waals surface area contributed by atoms with Crippen LogP contribution in [0.5, 0.6) is 11.5 Å². The lowest BCUT2D eigenvalue weighted by atomic mass is 10.1. The summed E-state index contributed by atoms with van der Waals surface area (Å²) < 4.78 is 16.4. The van der Waals surface area contributed by atoms with Crippen LogP contribution < -0.4 is 14.8 Å². The van der Waals surface area contributed by atoms with E-state index in [-0.39, 0.29) is 5.91 Å². The maximum atomic E-state index is 12.3. The molecule has 1 atom stereocenters. The number of aryl methyl sites for hydroxylation is 1. The van der Waals surface area contributed by atoms with Crippen LogP contribution in [0.25, 0.3) is 0 Å². The van der Waals surface area contributed by atoms with Crippen LogP contribution >= 0.6 is 0 Å². The number of nitrogens with one attached hydrogen (secondary N) is 1. The highest BCUT2D eigenvalue weighted by molar-refractivity contribution is 6.04. The molecule has 0 heterocycles. The minimum atomic E-state index is -0.982. The second kappa shape index (κ2) is 12.4. The summed E-state index contributed by atoms with van der Waals surface area (Å²) in [5.41, 5.74) is 3.28. The number of ether oxygens (including phenoxy) is 3. The molecule has 178 valence electrons. The Morgan fingerprint density at radius 2 is 1.41 bits per heavy atom. The third kappa shape index (κ3) is 7.64. The minimum absolute atomic E-state index is 0.153. The third-order valence-corrected chi connectivity index (χ3v) is 5.16. The topological polar surface area (TPSA) is 94.1 Å². The van der Waals surface area contributed by atoms with Gasteiger partial charge in [0.2, 0.25) is 0 Å². The number of aliphatic carboxylic acids is 1. The first-order valence-corrected chi connectivity index (χ1v) is 11.0. The monoisotopic (exact) mass is 463 g/mol. The van der Waals surface area contributed by atoms with Gasteiger partial charge in [-0.15, -0.1) is 0 Å². The Hall–Kier alpha value is -3.84. The Morgan fingerprint density at radius 3 is 1.94 bits per heavy atom. The molecule has 7 nitrogen and oxygen atoms in total. The van der Waals surface area contributed by atoms with Crippen LogP contribution in [0.2, 0.25) is 0 Å². The van der Waals surface area contributed by atoms with Gasteiger partial charge in [0, 0.05) is 31.2 Å². The molecule has 34 heavy (non-hydrogen) atoms. The molecule has 0 aliphatic carbocycles. The molecule has 0 radical (unpaired) electrons. The van der Waals surface area contributed by atoms with Gasteiger partial charge >= 0.3 is 5.97 Å². The molecule has 2 N–H and O–H groups in total. The fourth-order valence-electron chi connectivity index (χ4n) is 3.19. The van der Waals surface area contributed by atoms with E-state index >= 15 is 0 Å². The summed E-state index contributed by atoms with van der Waals surface area (Å²) in [5.74, 6) is 0.286. The smallest absolute Gasteiger partial charge is 0.333 e. The van der Waals surface area contributed by atoms with Crippen molar-refractivity contribution in [1.29, 1.82) is 0 Å². The number of amides is 1. The zero-order valence-corrected chi connectivity index (χ0v) is 19.3. The van der Waals surface area contributed by atoms with E-state index in [0.717, 1.165) is 11.1 Å². The summed E-state index contributed by atoms with van der Waals surface area (Å²) in [5, 5.41) is 11.9. The van der Waals surface area contributed by atoms with Crippen molar-refractivity contribution in [3.63, 3.8) is 0 Å². The highest BCUT2D eigenvalue weighted by Gasteiger charge is 2.16. The van der Waals surface area contributed by atoms with Gasteiger partial charge < -0.3 is 24.6 Å². The lowest BCUT2D eigenvalue weighted by molar-refractivity contribution is -0.148. The van der Waals surface area contributed by atoms with Crippen LogP contribution in [0.3, 0.4) is 0 Å². The first-order chi connectivity index (χ1) is 16.4. The van der Waals surface area contributed by atoms with Crippen LogP contribution in [-0.2, 0) is 16.0 Å². The Labute approximate surface area is 199 Å². The predicted molar refractivity (Wildman–Crippen MR) is 130 cm³/mol. The number of carbonyl (C=O) groups is 2. The summed E-state index contributed by atoms with van der Waals surface area (Å²) in [7, 11) is 1.39. The van der Waals surface area contributed by atoms with Gasteiger partial charge in [-0.2, -0.15) is 0 Å². The molecule has 0 fully saturated rings. The number of anilines is 1. The molecule has 0 unspecified atom stereocenters. The molecule has 0 saturated heterocycles. The van der Waals surface area contributed by atoms with Crippen LogP contribution in [0.1, 0.15) is 27.9 Å². The molecule has 0 bridgehead atoms. The van der Waals surface area contributed by atoms with Crippen molar-refractivity contribution in [1.82, 2.24) is 0 Å². The highest BCUT2D eigenvalue weighted by atomic mass is 16.5. The average Bonchev–Trinajstić information content (AvgIpc) is 2.84. The number of methoxy groups -OCH3 is 1. The maximum Gasteiger partial charge on any atom is 0.333 e. The standard InChI is InChI=1S/C27H29NO6/c1-19-4-8-21(9-5-19)26(29)28-22-10-14-24(15-11-22)34-17-3-16-33-23-12-6-20(7-13-23)18-25(32-2)27(30)31/h4-15,25H,3,16-18H2,1-2H3,(H,28,29)(H,30,31)/t25-/m0/s1. The normalized spacial score (nSPS) is 11.5. The van der Waals surface area contributed by atoms with E-state index in [4.69, 9.17) is 19.3 Å². The Kier molecular flexibility index (Phi) is 9.05. The minimum Gasteiger partial charge on any atom is -0.493 e. The summed E-state index contributed by atoms with van der Waals surface area (Å²) in [6, 6.07) is 21.9. The molecule has 1 amide bonds. The van der Waals surface area contributed by atoms with Crippen molar-refractivity contribution in [3.8, 4) is 11.5 Å². The fourth-order valence-corrected chi connectivity index (χ4v) is 3.19. The summed E-state index contributed by atoms with van der Waals surface area (Å²) in [4.78, 5) is 23.3. The van der Waals surface area contributed by atoms with Gasteiger partial charge in [0.25, 0.3) is 5.91 Å². The van der Waals surface area contributed by atoms with E-state index in [1.165, 1.54) is 7.11 Å². The zero-order valence-electron chi connectivity index (χ0n) is 19.3. The lowest BCUT2D eigenvalue weighted by Gasteiger charge is -2.11. The highest BCUT2D eigenvalue weighted by Crippen LogP contribution is 2.18. The van der Waals surface area contributed by atoms with E-state index in [2.05, 4.69) is 5.32 Å². The van der Waals surface area contributed by atoms with Gasteiger partial charge in [0.1, 0.15) is 11.5 Å². The van der Waals surface area contributed by atoms with Crippen molar-refractivity contribution < 1.29 is 28.9 Å². The SMILES string of the molecule is CO[C@@H](Cc1ccc(OCCCOc2ccc(NC(=O)c3ccc(C)cc3)cc2)cc1)C(=O)O. The summed E-state index contributed by atoms with van der Waals surface area (Å²) >= 11 is 0. The second-order valence-electron chi connectivity index (χ2n) is 7.81. The number of rotatable bonds is 12. The number of benzene rings is 3. The van der Waals surface area contributed by atoms with E-state index in [1.54, 1.807) is 24.3 Å². The maximum absolute atomic E-state index is 12.3. The quantitative estimate of drug-likeness (QED) is 0.377. The van der Waals surface area contributed by atoms with E-state index in [9.17, 15) is 9.59 Å². The zero-order chi connectivity index (χ0) is 24.3. The van der Waals surface area contributed by atoms with Gasteiger partial charge in [-0.25, -0.2) is 4.79 Å². The van der Waals surface area contributed by atoms with E-state index < -0.39 is 12.1 Å². The Balaban J connectivity index is 1.36. The van der Waals surface area contributed by atoms with E-state index in [0.29, 0.717) is 48.8 Å². The molecule has 0 aliphatic heterocycles. The molecule has 7 heteroatoms. The largest absolute Gasteiger partial charge is 0.493 e. The van der Waals surface area contributed by atoms with Crippen molar-refractivity contribution in [3.05, 3.63) is 89.5 Å². The molecule has 0 aliphatic rings. The Morgan fingerprint density at radius 1 is 0.853 bits per heavy atom. The van der Waals surface area contributed by atoms with Crippen molar-refractivity contribution >= 4 is 17.6 Å². The molecule has 0 spiro atoms. The van der Waals surface area contributed by atoms with Gasteiger partial charge in [-0.05, 0) is 61.0 Å². The van der Waals surface area contributed by atoms with Gasteiger partial charge in [0.15, 0.2) is 6.10 Å². The first kappa shape index (κ1) is 24.8. The first-order valence-electron chi connectivity index (χ1n) is 11.0. The number of hydrogen-bond donors (Lipinski definition) is 2. The Bertz CT molecular complexity index is 1060. The van der Waals surface area contributed by atoms with E-state index in [1.807, 2.05) is 55.5 Å². The fraction of sp³-hybridized carbons (Fsp3) is 0.259. The number of carboxylic acids is 1. The van der Waals surface area contributed by atoms with Crippen molar-refractivity contribution in [2.45, 2.75) is 25.9 Å². The van der Waals surface area contributed by atoms with Crippen LogP contribution in [0, 0.1) is 6.92 Å². The summed E-state index contributed by atoms with van der Waals surface area (Å²) in [6.07, 6.45) is 0.134. The molecular weight excluding hydrogens is 434 g/mol. The van der Waals surface area contributed by atoms with Crippen LogP contribution in [0.15, 0.2) is 72.8 Å². The number of carbonyl (C=O) groups excluding carboxylic acids is 1. The molecular formula is C27H29NO6. The molecule has 3 aromatic carbocycles. The number of carboxylic acid groups (broad SMARTS) is 1. The predicted octanol–water partition coefficient (Wildman–Crippen LogP) is 4.74. The van der Waals surface area contributed by atoms with Gasteiger partial charge in [-0.3, -0.25) is 4.79 Å². The molecule has 0 saturated carbocycles. The average molecular weight is 464 g/mol. The summed E-state index contributed by atoms with van der Waals surface area (Å²) in [6.45, 7) is 2.95. The van der Waals surface area contributed by atoms with Crippen LogP contribution in [-0.4, -0.2) is 43.4 Å². The second-order valence-corrected chi connectivity index (χ2v) is 7.81. The molecule has 0 aromatic heterocycles.